The number of benzene rings is 1. The smallest absolute Gasteiger partial charge is 0.319 e. The molecule has 0 atom stereocenters. The highest BCUT2D eigenvalue weighted by atomic mass is 16.2. The Morgan fingerprint density at radius 3 is 2.48 bits per heavy atom. The quantitative estimate of drug-likeness (QED) is 0.607. The topological polar surface area (TPSA) is 121 Å². The molecule has 1 aliphatic rings. The lowest BCUT2D eigenvalue weighted by Crippen LogP contribution is -2.49. The summed E-state index contributed by atoms with van der Waals surface area (Å²) >= 11 is 0. The number of amides is 3. The maximum atomic E-state index is 12.4. The number of hydrogen-bond acceptors (Lipinski definition) is 7. The molecule has 4 rings (SSSR count). The van der Waals surface area contributed by atoms with Gasteiger partial charge < -0.3 is 20.4 Å². The van der Waals surface area contributed by atoms with Crippen molar-refractivity contribution in [3.63, 3.8) is 0 Å². The second-order valence-corrected chi connectivity index (χ2v) is 6.99. The van der Waals surface area contributed by atoms with E-state index in [1.807, 2.05) is 23.1 Å². The van der Waals surface area contributed by atoms with Gasteiger partial charge in [-0.1, -0.05) is 6.07 Å². The highest BCUT2D eigenvalue weighted by molar-refractivity contribution is 5.89. The van der Waals surface area contributed by atoms with E-state index >= 15 is 0 Å². The fraction of sp³-hybridized carbons (Fsp3) is 0.300. The second-order valence-electron chi connectivity index (χ2n) is 6.99. The summed E-state index contributed by atoms with van der Waals surface area (Å²) in [5, 5.41) is 16.4. The molecule has 0 unspecified atom stereocenters. The van der Waals surface area contributed by atoms with Crippen molar-refractivity contribution in [3.05, 3.63) is 55.0 Å². The Labute approximate surface area is 179 Å². The second kappa shape index (κ2) is 9.65. The lowest BCUT2D eigenvalue weighted by atomic mass is 10.2. The molecule has 160 valence electrons. The van der Waals surface area contributed by atoms with Crippen LogP contribution in [-0.2, 0) is 4.79 Å². The van der Waals surface area contributed by atoms with Crippen molar-refractivity contribution in [3.8, 4) is 5.69 Å². The van der Waals surface area contributed by atoms with Gasteiger partial charge in [0.1, 0.15) is 12.1 Å². The third-order valence-corrected chi connectivity index (χ3v) is 4.97. The van der Waals surface area contributed by atoms with Gasteiger partial charge in [-0.05, 0) is 46.8 Å². The van der Waals surface area contributed by atoms with Crippen LogP contribution in [-0.4, -0.2) is 74.8 Å². The zero-order valence-corrected chi connectivity index (χ0v) is 16.9. The number of tetrazole rings is 1. The molecule has 0 aliphatic carbocycles. The van der Waals surface area contributed by atoms with Crippen molar-refractivity contribution in [1.29, 1.82) is 0 Å². The molecule has 11 heteroatoms. The van der Waals surface area contributed by atoms with Crippen LogP contribution < -0.4 is 15.5 Å². The molecule has 3 amide bonds. The predicted octanol–water partition coefficient (Wildman–Crippen LogP) is 0.918. The molecule has 1 saturated heterocycles. The van der Waals surface area contributed by atoms with Gasteiger partial charge in [0.15, 0.2) is 0 Å². The molecule has 2 aromatic heterocycles. The van der Waals surface area contributed by atoms with Gasteiger partial charge in [0.2, 0.25) is 5.91 Å². The molecule has 0 bridgehead atoms. The van der Waals surface area contributed by atoms with Crippen LogP contribution in [0.3, 0.4) is 0 Å². The number of hydrogen-bond donors (Lipinski definition) is 2. The summed E-state index contributed by atoms with van der Waals surface area (Å²) in [5.41, 5.74) is 1.41. The zero-order chi connectivity index (χ0) is 21.5. The van der Waals surface area contributed by atoms with E-state index in [-0.39, 0.29) is 24.9 Å². The maximum Gasteiger partial charge on any atom is 0.319 e. The third-order valence-electron chi connectivity index (χ3n) is 4.97. The van der Waals surface area contributed by atoms with Crippen LogP contribution in [0.4, 0.5) is 16.3 Å². The van der Waals surface area contributed by atoms with Gasteiger partial charge in [0.05, 0.1) is 5.69 Å². The monoisotopic (exact) mass is 421 g/mol. The number of rotatable bonds is 6. The van der Waals surface area contributed by atoms with Gasteiger partial charge in [-0.2, -0.15) is 0 Å². The van der Waals surface area contributed by atoms with E-state index in [9.17, 15) is 9.59 Å². The summed E-state index contributed by atoms with van der Waals surface area (Å²) in [4.78, 5) is 32.9. The Kier molecular flexibility index (Phi) is 6.31. The number of nitrogens with one attached hydrogen (secondary N) is 2. The minimum absolute atomic E-state index is 0.0340. The van der Waals surface area contributed by atoms with Crippen LogP contribution in [0.15, 0.2) is 55.0 Å². The summed E-state index contributed by atoms with van der Waals surface area (Å²) in [6.45, 7) is 3.06. The molecule has 0 saturated carbocycles. The van der Waals surface area contributed by atoms with Gasteiger partial charge >= 0.3 is 6.03 Å². The first-order valence-electron chi connectivity index (χ1n) is 10.0. The lowest BCUT2D eigenvalue weighted by Gasteiger charge is -2.35. The van der Waals surface area contributed by atoms with Crippen molar-refractivity contribution in [2.45, 2.75) is 6.42 Å². The number of carbonyl (C=O) groups excluding carboxylic acids is 2. The van der Waals surface area contributed by atoms with Gasteiger partial charge in [-0.3, -0.25) is 4.79 Å². The Bertz CT molecular complexity index is 985. The van der Waals surface area contributed by atoms with Gasteiger partial charge in [-0.25, -0.2) is 14.5 Å². The summed E-state index contributed by atoms with van der Waals surface area (Å²) in [5.74, 6) is 0.964. The SMILES string of the molecule is O=C(NCCC(=O)N1CCN(c2ccccn2)CC1)Nc1ccc(-n2cnnn2)cc1. The maximum absolute atomic E-state index is 12.4. The number of piperazine rings is 1. The molecule has 3 aromatic rings. The summed E-state index contributed by atoms with van der Waals surface area (Å²) < 4.78 is 1.52. The largest absolute Gasteiger partial charge is 0.353 e. The first kappa shape index (κ1) is 20.3. The molecule has 0 spiro atoms. The standard InChI is InChI=1S/C20H23N9O2/c30-19(28-13-11-27(12-14-28)18-3-1-2-9-21-18)8-10-22-20(31)24-16-4-6-17(7-5-16)29-15-23-25-26-29/h1-7,9,15H,8,10-14H2,(H2,22,24,31). The van der Waals surface area contributed by atoms with E-state index in [0.29, 0.717) is 18.8 Å². The summed E-state index contributed by atoms with van der Waals surface area (Å²) in [7, 11) is 0. The summed E-state index contributed by atoms with van der Waals surface area (Å²) in [6.07, 6.45) is 3.52. The minimum Gasteiger partial charge on any atom is -0.353 e. The molecule has 1 aliphatic heterocycles. The van der Waals surface area contributed by atoms with Gasteiger partial charge in [0, 0.05) is 51.0 Å². The molecule has 3 heterocycles. The van der Waals surface area contributed by atoms with Crippen molar-refractivity contribution >= 4 is 23.4 Å². The molecule has 1 aromatic carbocycles. The Morgan fingerprint density at radius 2 is 1.81 bits per heavy atom. The average molecular weight is 421 g/mol. The molecule has 31 heavy (non-hydrogen) atoms. The zero-order valence-electron chi connectivity index (χ0n) is 16.9. The molecule has 0 radical (unpaired) electrons. The summed E-state index contributed by atoms with van der Waals surface area (Å²) in [6, 6.07) is 12.5. The van der Waals surface area contributed by atoms with E-state index in [1.54, 1.807) is 30.5 Å². The molecular weight excluding hydrogens is 398 g/mol. The number of urea groups is 1. The first-order valence-corrected chi connectivity index (χ1v) is 10.0. The first-order chi connectivity index (χ1) is 15.2. The molecule has 11 nitrogen and oxygen atoms in total. The number of anilines is 2. The normalized spacial score (nSPS) is 13.7. The van der Waals surface area contributed by atoms with E-state index < -0.39 is 0 Å². The third kappa shape index (κ3) is 5.32. The number of pyridine rings is 1. The predicted molar refractivity (Wildman–Crippen MR) is 114 cm³/mol. The van der Waals surface area contributed by atoms with E-state index in [4.69, 9.17) is 0 Å². The highest BCUT2D eigenvalue weighted by Gasteiger charge is 2.21. The number of carbonyl (C=O) groups is 2. The minimum atomic E-state index is -0.358. The Morgan fingerprint density at radius 1 is 1.00 bits per heavy atom. The van der Waals surface area contributed by atoms with Crippen LogP contribution in [0.5, 0.6) is 0 Å². The number of nitrogens with zero attached hydrogens (tertiary/aromatic N) is 7. The van der Waals surface area contributed by atoms with Crippen molar-refractivity contribution in [2.24, 2.45) is 0 Å². The van der Waals surface area contributed by atoms with Gasteiger partial charge in [-0.15, -0.1) is 5.10 Å². The number of aromatic nitrogens is 5. The molecular formula is C20H23N9O2. The van der Waals surface area contributed by atoms with Gasteiger partial charge in [0.25, 0.3) is 0 Å². The van der Waals surface area contributed by atoms with Crippen LogP contribution in [0, 0.1) is 0 Å². The van der Waals surface area contributed by atoms with Crippen LogP contribution in [0.25, 0.3) is 5.69 Å². The van der Waals surface area contributed by atoms with E-state index in [2.05, 4.69) is 36.0 Å². The van der Waals surface area contributed by atoms with Crippen molar-refractivity contribution < 1.29 is 9.59 Å². The van der Waals surface area contributed by atoms with Crippen LogP contribution in [0.1, 0.15) is 6.42 Å². The molecule has 2 N–H and O–H groups in total. The Balaban J connectivity index is 1.16. The van der Waals surface area contributed by atoms with E-state index in [0.717, 1.165) is 24.6 Å². The lowest BCUT2D eigenvalue weighted by molar-refractivity contribution is -0.131. The molecule has 1 fully saturated rings. The highest BCUT2D eigenvalue weighted by Crippen LogP contribution is 2.13. The Hall–Kier alpha value is -4.02. The van der Waals surface area contributed by atoms with Crippen LogP contribution >= 0.6 is 0 Å². The van der Waals surface area contributed by atoms with Crippen LogP contribution in [0.2, 0.25) is 0 Å². The average Bonchev–Trinajstić information content (AvgIpc) is 3.35. The van der Waals surface area contributed by atoms with Crippen molar-refractivity contribution in [2.75, 3.05) is 42.9 Å². The van der Waals surface area contributed by atoms with Crippen molar-refractivity contribution in [1.82, 2.24) is 35.4 Å². The fourth-order valence-corrected chi connectivity index (χ4v) is 3.32. The fourth-order valence-electron chi connectivity index (χ4n) is 3.32. The van der Waals surface area contributed by atoms with E-state index in [1.165, 1.54) is 11.0 Å².